The van der Waals surface area contributed by atoms with Crippen LogP contribution in [-0.2, 0) is 97.7 Å². The minimum atomic E-state index is -1.48. The van der Waals surface area contributed by atoms with Crippen LogP contribution in [-0.4, -0.2) is 98.5 Å². The minimum absolute atomic E-state index is 0.149. The van der Waals surface area contributed by atoms with Crippen molar-refractivity contribution in [2.24, 2.45) is 0 Å². The van der Waals surface area contributed by atoms with Crippen LogP contribution in [0.1, 0.15) is 49.9 Å². The lowest BCUT2D eigenvalue weighted by atomic mass is 9.97. The average molecular weight is 871 g/mol. The Kier molecular flexibility index (Phi) is 17.7. The molecule has 2 fully saturated rings. The van der Waals surface area contributed by atoms with E-state index in [1.807, 2.05) is 121 Å². The SMILES string of the molecule is CC(=O)OCC1O[C@H](OCC2O[C@H](OCc3ccccc3)C(OCc3ccccc3)C(OCc3ccccc3)[C@@H]2OCc2ccccc2)C(OC(C)=O)C(OC(C)=O)[C@@H]1OC(C)=O. The van der Waals surface area contributed by atoms with Crippen LogP contribution in [0.2, 0.25) is 0 Å². The highest BCUT2D eigenvalue weighted by Crippen LogP contribution is 2.34. The van der Waals surface area contributed by atoms with Crippen LogP contribution in [0.25, 0.3) is 0 Å². The third kappa shape index (κ3) is 14.2. The topological polar surface area (TPSA) is 170 Å². The molecule has 336 valence electrons. The Hall–Kier alpha value is -5.52. The zero-order valence-electron chi connectivity index (χ0n) is 35.7. The Morgan fingerprint density at radius 3 is 1.19 bits per heavy atom. The van der Waals surface area contributed by atoms with Gasteiger partial charge < -0.3 is 52.1 Å². The summed E-state index contributed by atoms with van der Waals surface area (Å²) in [7, 11) is 0. The summed E-state index contributed by atoms with van der Waals surface area (Å²) in [6.45, 7) is 4.61. The molecule has 2 saturated heterocycles. The van der Waals surface area contributed by atoms with E-state index in [1.54, 1.807) is 0 Å². The normalized spacial score (nSPS) is 25.7. The number of benzene rings is 4. The molecule has 0 bridgehead atoms. The fourth-order valence-corrected chi connectivity index (χ4v) is 7.28. The first-order chi connectivity index (χ1) is 30.5. The van der Waals surface area contributed by atoms with Crippen molar-refractivity contribution < 1.29 is 71.3 Å². The molecule has 0 spiro atoms. The van der Waals surface area contributed by atoms with E-state index in [-0.39, 0.29) is 33.0 Å². The number of esters is 4. The van der Waals surface area contributed by atoms with Gasteiger partial charge in [0, 0.05) is 27.7 Å². The van der Waals surface area contributed by atoms with E-state index in [0.717, 1.165) is 43.0 Å². The highest BCUT2D eigenvalue weighted by atomic mass is 16.8. The zero-order chi connectivity index (χ0) is 44.6. The molecular weight excluding hydrogens is 817 g/mol. The molecule has 0 saturated carbocycles. The molecule has 63 heavy (non-hydrogen) atoms. The molecule has 6 rings (SSSR count). The smallest absolute Gasteiger partial charge is 0.303 e. The monoisotopic (exact) mass is 870 g/mol. The highest BCUT2D eigenvalue weighted by molar-refractivity contribution is 5.68. The van der Waals surface area contributed by atoms with E-state index in [4.69, 9.17) is 52.1 Å². The Morgan fingerprint density at radius 1 is 0.381 bits per heavy atom. The second-order valence-electron chi connectivity index (χ2n) is 15.0. The van der Waals surface area contributed by atoms with Crippen LogP contribution in [0.5, 0.6) is 0 Å². The molecule has 2 heterocycles. The Labute approximate surface area is 366 Å². The highest BCUT2D eigenvalue weighted by Gasteiger charge is 2.54. The fourth-order valence-electron chi connectivity index (χ4n) is 7.28. The summed E-state index contributed by atoms with van der Waals surface area (Å²) in [5, 5.41) is 0. The van der Waals surface area contributed by atoms with Gasteiger partial charge in [-0.05, 0) is 22.3 Å². The van der Waals surface area contributed by atoms with Crippen molar-refractivity contribution >= 4 is 23.9 Å². The first-order valence-electron chi connectivity index (χ1n) is 20.7. The van der Waals surface area contributed by atoms with Gasteiger partial charge in [0.05, 0.1) is 33.0 Å². The minimum Gasteiger partial charge on any atom is -0.463 e. The zero-order valence-corrected chi connectivity index (χ0v) is 35.7. The number of hydrogen-bond donors (Lipinski definition) is 0. The second kappa shape index (κ2) is 23.8. The first kappa shape index (κ1) is 47.0. The molecule has 6 unspecified atom stereocenters. The Balaban J connectivity index is 1.37. The van der Waals surface area contributed by atoms with Crippen molar-refractivity contribution in [3.05, 3.63) is 144 Å². The lowest BCUT2D eigenvalue weighted by molar-refractivity contribution is -0.347. The van der Waals surface area contributed by atoms with Crippen LogP contribution in [0.3, 0.4) is 0 Å². The first-order valence-corrected chi connectivity index (χ1v) is 20.7. The predicted octanol–water partition coefficient (Wildman–Crippen LogP) is 5.78. The van der Waals surface area contributed by atoms with Crippen molar-refractivity contribution in [1.29, 1.82) is 0 Å². The molecule has 0 radical (unpaired) electrons. The number of carbonyl (C=O) groups is 4. The summed E-state index contributed by atoms with van der Waals surface area (Å²) in [6.07, 6.45) is -11.6. The third-order valence-corrected chi connectivity index (χ3v) is 10.1. The molecular formula is C48H54O15. The molecule has 15 heteroatoms. The molecule has 10 atom stereocenters. The van der Waals surface area contributed by atoms with E-state index in [1.165, 1.54) is 6.92 Å². The summed E-state index contributed by atoms with van der Waals surface area (Å²) >= 11 is 0. The molecule has 0 aliphatic carbocycles. The van der Waals surface area contributed by atoms with Gasteiger partial charge in [-0.1, -0.05) is 121 Å². The number of hydrogen-bond acceptors (Lipinski definition) is 15. The van der Waals surface area contributed by atoms with Crippen LogP contribution in [0.15, 0.2) is 121 Å². The van der Waals surface area contributed by atoms with Crippen LogP contribution < -0.4 is 0 Å². The summed E-state index contributed by atoms with van der Waals surface area (Å²) in [6, 6.07) is 38.5. The lowest BCUT2D eigenvalue weighted by Gasteiger charge is -2.47. The van der Waals surface area contributed by atoms with Crippen molar-refractivity contribution in [3.8, 4) is 0 Å². The summed E-state index contributed by atoms with van der Waals surface area (Å²) in [4.78, 5) is 49.4. The maximum Gasteiger partial charge on any atom is 0.303 e. The van der Waals surface area contributed by atoms with E-state index in [0.29, 0.717) is 0 Å². The van der Waals surface area contributed by atoms with Gasteiger partial charge in [-0.25, -0.2) is 0 Å². The maximum absolute atomic E-state index is 12.6. The van der Waals surface area contributed by atoms with Gasteiger partial charge in [-0.2, -0.15) is 0 Å². The molecule has 0 amide bonds. The molecule has 0 N–H and O–H groups in total. The van der Waals surface area contributed by atoms with Crippen LogP contribution in [0, 0.1) is 0 Å². The summed E-state index contributed by atoms with van der Waals surface area (Å²) in [5.41, 5.74) is 3.58. The van der Waals surface area contributed by atoms with Gasteiger partial charge in [0.1, 0.15) is 37.1 Å². The molecule has 15 nitrogen and oxygen atoms in total. The molecule has 2 aliphatic rings. The van der Waals surface area contributed by atoms with Gasteiger partial charge in [0.2, 0.25) is 0 Å². The van der Waals surface area contributed by atoms with Crippen LogP contribution in [0.4, 0.5) is 0 Å². The quantitative estimate of drug-likeness (QED) is 0.0773. The predicted molar refractivity (Wildman–Crippen MR) is 223 cm³/mol. The van der Waals surface area contributed by atoms with Gasteiger partial charge in [0.15, 0.2) is 30.9 Å². The van der Waals surface area contributed by atoms with Crippen molar-refractivity contribution in [3.63, 3.8) is 0 Å². The van der Waals surface area contributed by atoms with Crippen molar-refractivity contribution in [1.82, 2.24) is 0 Å². The fraction of sp³-hybridized carbons (Fsp3) is 0.417. The standard InChI is InChI=1S/C48H54O15/c1-31(49)53-29-40-42(59-32(2)50)44(60-33(3)51)46(61-34(4)52)48(63-40)58-30-39-41(54-25-35-17-9-5-10-18-35)43(55-26-36-19-11-6-12-20-36)45(56-27-37-21-13-7-14-22-37)47(62-39)57-28-38-23-15-8-16-24-38/h5-24,39-48H,25-30H2,1-4H3/t39?,40?,41-,42-,43?,44?,45?,46?,47+,48+/m1/s1. The number of carbonyl (C=O) groups excluding carboxylic acids is 4. The van der Waals surface area contributed by atoms with E-state index < -0.39 is 91.9 Å². The van der Waals surface area contributed by atoms with Gasteiger partial charge in [-0.3, -0.25) is 19.2 Å². The lowest BCUT2D eigenvalue weighted by Crippen LogP contribution is -2.64. The van der Waals surface area contributed by atoms with Gasteiger partial charge >= 0.3 is 23.9 Å². The van der Waals surface area contributed by atoms with E-state index >= 15 is 0 Å². The molecule has 2 aliphatic heterocycles. The average Bonchev–Trinajstić information content (AvgIpc) is 3.27. The van der Waals surface area contributed by atoms with Gasteiger partial charge in [-0.15, -0.1) is 0 Å². The summed E-state index contributed by atoms with van der Waals surface area (Å²) in [5.74, 6) is -2.94. The number of ether oxygens (including phenoxy) is 11. The van der Waals surface area contributed by atoms with E-state index in [9.17, 15) is 19.2 Å². The van der Waals surface area contributed by atoms with E-state index in [2.05, 4.69) is 0 Å². The molecule has 4 aromatic rings. The van der Waals surface area contributed by atoms with Crippen molar-refractivity contribution in [2.75, 3.05) is 13.2 Å². The Morgan fingerprint density at radius 2 is 0.746 bits per heavy atom. The maximum atomic E-state index is 12.6. The summed E-state index contributed by atoms with van der Waals surface area (Å²) < 4.78 is 68.5. The third-order valence-electron chi connectivity index (χ3n) is 10.1. The van der Waals surface area contributed by atoms with Crippen LogP contribution >= 0.6 is 0 Å². The van der Waals surface area contributed by atoms with Gasteiger partial charge in [0.25, 0.3) is 0 Å². The van der Waals surface area contributed by atoms with Crippen molar-refractivity contribution in [2.45, 2.75) is 116 Å². The molecule has 0 aromatic heterocycles. The second-order valence-corrected chi connectivity index (χ2v) is 15.0. The largest absolute Gasteiger partial charge is 0.463 e. The Bertz CT molecular complexity index is 2020. The molecule has 4 aromatic carbocycles. The number of rotatable bonds is 20.